The summed E-state index contributed by atoms with van der Waals surface area (Å²) in [4.78, 5) is 23.2. The number of carbonyl (C=O) groups excluding carboxylic acids is 1. The minimum atomic E-state index is -1.13. The monoisotopic (exact) mass is 329 g/mol. The molecular weight excluding hydrogens is 310 g/mol. The number of amides is 1. The van der Waals surface area contributed by atoms with Crippen LogP contribution in [0.5, 0.6) is 5.75 Å². The van der Waals surface area contributed by atoms with E-state index >= 15 is 0 Å². The highest BCUT2D eigenvalue weighted by atomic mass is 16.5. The third-order valence-corrected chi connectivity index (χ3v) is 3.38. The second-order valence-corrected chi connectivity index (χ2v) is 5.15. The van der Waals surface area contributed by atoms with E-state index in [0.717, 1.165) is 11.1 Å². The number of ether oxygens (including phenoxy) is 2. The SMILES string of the molecule is COc1cccc(CC(NC(=O)OCc2ccccc2)C(=O)O)c1. The van der Waals surface area contributed by atoms with Gasteiger partial charge in [-0.25, -0.2) is 9.59 Å². The van der Waals surface area contributed by atoms with Crippen molar-refractivity contribution in [2.45, 2.75) is 19.1 Å². The molecule has 6 heteroatoms. The van der Waals surface area contributed by atoms with Crippen molar-refractivity contribution in [3.8, 4) is 5.75 Å². The number of rotatable bonds is 7. The Balaban J connectivity index is 1.92. The van der Waals surface area contributed by atoms with Crippen molar-refractivity contribution in [3.05, 3.63) is 65.7 Å². The molecule has 0 aliphatic rings. The summed E-state index contributed by atoms with van der Waals surface area (Å²) in [5, 5.41) is 11.7. The summed E-state index contributed by atoms with van der Waals surface area (Å²) >= 11 is 0. The molecule has 0 aromatic heterocycles. The van der Waals surface area contributed by atoms with Crippen molar-refractivity contribution in [2.24, 2.45) is 0 Å². The maximum Gasteiger partial charge on any atom is 0.408 e. The minimum Gasteiger partial charge on any atom is -0.497 e. The summed E-state index contributed by atoms with van der Waals surface area (Å²) < 4.78 is 10.2. The molecule has 0 bridgehead atoms. The van der Waals surface area contributed by atoms with E-state index in [0.29, 0.717) is 5.75 Å². The molecule has 0 spiro atoms. The number of carbonyl (C=O) groups is 2. The Kier molecular flexibility index (Phi) is 6.19. The molecule has 1 atom stereocenters. The minimum absolute atomic E-state index is 0.0815. The molecule has 24 heavy (non-hydrogen) atoms. The van der Waals surface area contributed by atoms with Crippen LogP contribution in [0.15, 0.2) is 54.6 Å². The van der Waals surface area contributed by atoms with Crippen LogP contribution in [-0.2, 0) is 22.6 Å². The van der Waals surface area contributed by atoms with E-state index in [4.69, 9.17) is 9.47 Å². The zero-order chi connectivity index (χ0) is 17.4. The maximum atomic E-state index is 11.8. The number of aliphatic carboxylic acids is 1. The van der Waals surface area contributed by atoms with Gasteiger partial charge in [0.05, 0.1) is 7.11 Å². The van der Waals surface area contributed by atoms with Crippen LogP contribution in [0.2, 0.25) is 0 Å². The van der Waals surface area contributed by atoms with Crippen LogP contribution in [0.1, 0.15) is 11.1 Å². The quantitative estimate of drug-likeness (QED) is 0.815. The first-order valence-electron chi connectivity index (χ1n) is 7.41. The fourth-order valence-corrected chi connectivity index (χ4v) is 2.14. The fourth-order valence-electron chi connectivity index (χ4n) is 2.14. The maximum absolute atomic E-state index is 11.8. The summed E-state index contributed by atoms with van der Waals surface area (Å²) in [6, 6.07) is 15.1. The Morgan fingerprint density at radius 2 is 1.79 bits per heavy atom. The van der Waals surface area contributed by atoms with Gasteiger partial charge in [0.1, 0.15) is 18.4 Å². The number of alkyl carbamates (subject to hydrolysis) is 1. The second-order valence-electron chi connectivity index (χ2n) is 5.15. The Hall–Kier alpha value is -3.02. The largest absolute Gasteiger partial charge is 0.497 e. The van der Waals surface area contributed by atoms with Crippen LogP contribution < -0.4 is 10.1 Å². The van der Waals surface area contributed by atoms with E-state index in [2.05, 4.69) is 5.32 Å². The normalized spacial score (nSPS) is 11.4. The van der Waals surface area contributed by atoms with Gasteiger partial charge in [-0.2, -0.15) is 0 Å². The number of benzene rings is 2. The summed E-state index contributed by atoms with van der Waals surface area (Å²) in [7, 11) is 1.53. The molecule has 0 radical (unpaired) electrons. The third-order valence-electron chi connectivity index (χ3n) is 3.38. The highest BCUT2D eigenvalue weighted by Crippen LogP contribution is 2.14. The molecule has 2 rings (SSSR count). The zero-order valence-corrected chi connectivity index (χ0v) is 13.3. The Morgan fingerprint density at radius 1 is 1.08 bits per heavy atom. The first-order chi connectivity index (χ1) is 11.6. The molecule has 2 N–H and O–H groups in total. The van der Waals surface area contributed by atoms with Crippen molar-refractivity contribution in [3.63, 3.8) is 0 Å². The molecule has 0 aliphatic carbocycles. The van der Waals surface area contributed by atoms with Crippen LogP contribution in [0, 0.1) is 0 Å². The highest BCUT2D eigenvalue weighted by Gasteiger charge is 2.21. The van der Waals surface area contributed by atoms with Gasteiger partial charge in [-0.15, -0.1) is 0 Å². The lowest BCUT2D eigenvalue weighted by atomic mass is 10.1. The van der Waals surface area contributed by atoms with Crippen LogP contribution in [0.4, 0.5) is 4.79 Å². The van der Waals surface area contributed by atoms with E-state index in [9.17, 15) is 14.7 Å². The molecule has 0 fully saturated rings. The van der Waals surface area contributed by atoms with Crippen molar-refractivity contribution in [1.82, 2.24) is 5.32 Å². The van der Waals surface area contributed by atoms with E-state index in [1.807, 2.05) is 30.3 Å². The topological polar surface area (TPSA) is 84.9 Å². The number of hydrogen-bond donors (Lipinski definition) is 2. The van der Waals surface area contributed by atoms with Gasteiger partial charge in [0, 0.05) is 6.42 Å². The molecule has 0 saturated carbocycles. The lowest BCUT2D eigenvalue weighted by molar-refractivity contribution is -0.139. The van der Waals surface area contributed by atoms with Crippen LogP contribution in [0.25, 0.3) is 0 Å². The van der Waals surface area contributed by atoms with Gasteiger partial charge in [-0.1, -0.05) is 42.5 Å². The predicted octanol–water partition coefficient (Wildman–Crippen LogP) is 2.62. The molecule has 1 unspecified atom stereocenters. The van der Waals surface area contributed by atoms with Gasteiger partial charge in [0.2, 0.25) is 0 Å². The van der Waals surface area contributed by atoms with Crippen LogP contribution in [-0.4, -0.2) is 30.3 Å². The summed E-state index contributed by atoms with van der Waals surface area (Å²) in [6.45, 7) is 0.0815. The number of carboxylic acid groups (broad SMARTS) is 1. The van der Waals surface area contributed by atoms with Crippen LogP contribution >= 0.6 is 0 Å². The summed E-state index contributed by atoms with van der Waals surface area (Å²) in [5.41, 5.74) is 1.57. The molecule has 6 nitrogen and oxygen atoms in total. The van der Waals surface area contributed by atoms with Gasteiger partial charge in [0.15, 0.2) is 0 Å². The van der Waals surface area contributed by atoms with E-state index in [1.54, 1.807) is 24.3 Å². The smallest absolute Gasteiger partial charge is 0.408 e. The third kappa shape index (κ3) is 5.31. The van der Waals surface area contributed by atoms with Gasteiger partial charge in [-0.3, -0.25) is 0 Å². The number of hydrogen-bond acceptors (Lipinski definition) is 4. The average molecular weight is 329 g/mol. The first-order valence-corrected chi connectivity index (χ1v) is 7.41. The zero-order valence-electron chi connectivity index (χ0n) is 13.3. The van der Waals surface area contributed by atoms with Crippen molar-refractivity contribution in [2.75, 3.05) is 7.11 Å². The van der Waals surface area contributed by atoms with Crippen molar-refractivity contribution in [1.29, 1.82) is 0 Å². The molecule has 1 amide bonds. The Bertz CT molecular complexity index is 687. The van der Waals surface area contributed by atoms with Crippen LogP contribution in [0.3, 0.4) is 0 Å². The molecular formula is C18H19NO5. The fraction of sp³-hybridized carbons (Fsp3) is 0.222. The molecule has 126 valence electrons. The Labute approximate surface area is 140 Å². The molecule has 2 aromatic carbocycles. The lowest BCUT2D eigenvalue weighted by Gasteiger charge is -2.15. The number of nitrogens with one attached hydrogen (secondary N) is 1. The molecule has 2 aromatic rings. The van der Waals surface area contributed by atoms with E-state index in [1.165, 1.54) is 7.11 Å². The van der Waals surface area contributed by atoms with Gasteiger partial charge in [0.25, 0.3) is 0 Å². The summed E-state index contributed by atoms with van der Waals surface area (Å²) in [6.07, 6.45) is -0.637. The predicted molar refractivity (Wildman–Crippen MR) is 87.9 cm³/mol. The Morgan fingerprint density at radius 3 is 2.46 bits per heavy atom. The highest BCUT2D eigenvalue weighted by molar-refractivity contribution is 5.80. The van der Waals surface area contributed by atoms with Gasteiger partial charge in [-0.05, 0) is 23.3 Å². The van der Waals surface area contributed by atoms with Gasteiger partial charge < -0.3 is 19.9 Å². The number of methoxy groups -OCH3 is 1. The second kappa shape index (κ2) is 8.57. The van der Waals surface area contributed by atoms with Crippen molar-refractivity contribution >= 4 is 12.1 Å². The standard InChI is InChI=1S/C18H19NO5/c1-23-15-9-5-8-14(10-15)11-16(17(20)21)19-18(22)24-12-13-6-3-2-4-7-13/h2-10,16H,11-12H2,1H3,(H,19,22)(H,20,21). The average Bonchev–Trinajstić information content (AvgIpc) is 2.60. The first kappa shape index (κ1) is 17.3. The van der Waals surface area contributed by atoms with Gasteiger partial charge >= 0.3 is 12.1 Å². The van der Waals surface area contributed by atoms with E-state index in [-0.39, 0.29) is 13.0 Å². The lowest BCUT2D eigenvalue weighted by Crippen LogP contribution is -2.42. The summed E-state index contributed by atoms with van der Waals surface area (Å²) in [5.74, 6) is -0.502. The molecule has 0 saturated heterocycles. The molecule has 0 heterocycles. The van der Waals surface area contributed by atoms with E-state index < -0.39 is 18.1 Å². The molecule has 0 aliphatic heterocycles. The van der Waals surface area contributed by atoms with Crippen molar-refractivity contribution < 1.29 is 24.2 Å². The number of carboxylic acids is 1.